The third kappa shape index (κ3) is 3.36. The largest absolute Gasteiger partial charge is 0.376 e. The summed E-state index contributed by atoms with van der Waals surface area (Å²) in [5.74, 6) is -0.0404. The molecule has 0 bridgehead atoms. The van der Waals surface area contributed by atoms with Crippen LogP contribution in [0.1, 0.15) is 48.4 Å². The number of nitrogens with zero attached hydrogens (tertiary/aromatic N) is 2. The molecule has 0 saturated carbocycles. The second kappa shape index (κ2) is 7.62. The fourth-order valence-corrected chi connectivity index (χ4v) is 3.22. The summed E-state index contributed by atoms with van der Waals surface area (Å²) >= 11 is 0. The van der Waals surface area contributed by atoms with Crippen LogP contribution in [0, 0.1) is 0 Å². The quantitative estimate of drug-likeness (QED) is 0.887. The molecule has 0 unspecified atom stereocenters. The first-order valence-corrected chi connectivity index (χ1v) is 8.80. The summed E-state index contributed by atoms with van der Waals surface area (Å²) in [4.78, 5) is 12.8. The highest BCUT2D eigenvalue weighted by Gasteiger charge is 2.24. The number of hydrogen-bond donors (Lipinski definition) is 1. The topological polar surface area (TPSA) is 56.2 Å². The number of amides is 1. The number of aryl methyl sites for hydroxylation is 1. The van der Waals surface area contributed by atoms with Crippen molar-refractivity contribution < 1.29 is 9.53 Å². The molecular weight excluding hydrogens is 302 g/mol. The zero-order valence-electron chi connectivity index (χ0n) is 14.4. The molecule has 128 valence electrons. The third-order valence-corrected chi connectivity index (χ3v) is 4.47. The first-order valence-electron chi connectivity index (χ1n) is 8.80. The van der Waals surface area contributed by atoms with Crippen molar-refractivity contribution in [2.45, 2.75) is 45.6 Å². The van der Waals surface area contributed by atoms with E-state index < -0.39 is 0 Å². The zero-order chi connectivity index (χ0) is 16.9. The van der Waals surface area contributed by atoms with E-state index in [9.17, 15) is 4.79 Å². The Labute approximate surface area is 143 Å². The molecule has 24 heavy (non-hydrogen) atoms. The Morgan fingerprint density at radius 1 is 1.29 bits per heavy atom. The van der Waals surface area contributed by atoms with E-state index in [-0.39, 0.29) is 12.0 Å². The van der Waals surface area contributed by atoms with E-state index in [2.05, 4.69) is 12.2 Å². The molecule has 5 heteroatoms. The maximum absolute atomic E-state index is 12.8. The van der Waals surface area contributed by atoms with Gasteiger partial charge >= 0.3 is 0 Å². The Kier molecular flexibility index (Phi) is 5.30. The molecule has 0 radical (unpaired) electrons. The van der Waals surface area contributed by atoms with Crippen molar-refractivity contribution in [3.05, 3.63) is 47.3 Å². The van der Waals surface area contributed by atoms with Crippen molar-refractivity contribution in [2.24, 2.45) is 0 Å². The fraction of sp³-hybridized carbons (Fsp3) is 0.474. The van der Waals surface area contributed by atoms with Crippen LogP contribution in [0.25, 0.3) is 5.69 Å². The molecule has 1 atom stereocenters. The zero-order valence-corrected chi connectivity index (χ0v) is 14.4. The Bertz CT molecular complexity index is 688. The van der Waals surface area contributed by atoms with Crippen LogP contribution < -0.4 is 5.32 Å². The molecule has 2 aromatic rings. The van der Waals surface area contributed by atoms with Gasteiger partial charge in [-0.1, -0.05) is 32.0 Å². The Morgan fingerprint density at radius 3 is 2.71 bits per heavy atom. The maximum Gasteiger partial charge on any atom is 0.255 e. The number of benzene rings is 1. The Balaban J connectivity index is 1.88. The van der Waals surface area contributed by atoms with E-state index in [4.69, 9.17) is 9.84 Å². The molecule has 0 aliphatic carbocycles. The summed E-state index contributed by atoms with van der Waals surface area (Å²) in [5.41, 5.74) is 3.52. The minimum atomic E-state index is -0.0404. The number of carbonyl (C=O) groups is 1. The molecular formula is C19H25N3O2. The van der Waals surface area contributed by atoms with Crippen LogP contribution in [-0.4, -0.2) is 34.9 Å². The first-order chi connectivity index (χ1) is 11.7. The van der Waals surface area contributed by atoms with E-state index in [1.807, 2.05) is 41.9 Å². The average molecular weight is 327 g/mol. The molecule has 1 aliphatic heterocycles. The van der Waals surface area contributed by atoms with E-state index in [0.29, 0.717) is 6.54 Å². The van der Waals surface area contributed by atoms with Crippen molar-refractivity contribution >= 4 is 5.91 Å². The van der Waals surface area contributed by atoms with Gasteiger partial charge in [0.05, 0.1) is 28.7 Å². The number of aromatic nitrogens is 2. The van der Waals surface area contributed by atoms with Crippen LogP contribution in [0.4, 0.5) is 0 Å². The number of carbonyl (C=O) groups excluding carboxylic acids is 1. The monoisotopic (exact) mass is 327 g/mol. The second-order valence-electron chi connectivity index (χ2n) is 6.07. The lowest BCUT2D eigenvalue weighted by atomic mass is 10.1. The minimum Gasteiger partial charge on any atom is -0.376 e. The normalized spacial score (nSPS) is 17.2. The highest BCUT2D eigenvalue weighted by molar-refractivity contribution is 5.96. The van der Waals surface area contributed by atoms with Gasteiger partial charge in [0.1, 0.15) is 0 Å². The van der Waals surface area contributed by atoms with E-state index in [0.717, 1.165) is 54.9 Å². The lowest BCUT2D eigenvalue weighted by Crippen LogP contribution is -2.32. The lowest BCUT2D eigenvalue weighted by molar-refractivity contribution is 0.0856. The standard InChI is InChI=1S/C19H25N3O2/c1-3-16-18(19(23)20-13-15-11-8-12-24-15)17(4-2)22(21-16)14-9-6-5-7-10-14/h5-7,9-10,15H,3-4,8,11-13H2,1-2H3,(H,20,23)/t15-/m0/s1. The highest BCUT2D eigenvalue weighted by Crippen LogP contribution is 2.21. The molecule has 1 aromatic carbocycles. The third-order valence-electron chi connectivity index (χ3n) is 4.47. The van der Waals surface area contributed by atoms with Crippen molar-refractivity contribution in [3.8, 4) is 5.69 Å². The van der Waals surface area contributed by atoms with Gasteiger partial charge in [0.15, 0.2) is 0 Å². The first kappa shape index (κ1) is 16.7. The van der Waals surface area contributed by atoms with Gasteiger partial charge in [-0.3, -0.25) is 4.79 Å². The summed E-state index contributed by atoms with van der Waals surface area (Å²) < 4.78 is 7.49. The van der Waals surface area contributed by atoms with Gasteiger partial charge in [-0.25, -0.2) is 4.68 Å². The molecule has 2 heterocycles. The van der Waals surface area contributed by atoms with Gasteiger partial charge < -0.3 is 10.1 Å². The summed E-state index contributed by atoms with van der Waals surface area (Å²) in [6, 6.07) is 9.98. The van der Waals surface area contributed by atoms with Crippen LogP contribution in [0.15, 0.2) is 30.3 Å². The molecule has 1 aromatic heterocycles. The highest BCUT2D eigenvalue weighted by atomic mass is 16.5. The SMILES string of the molecule is CCc1nn(-c2ccccc2)c(CC)c1C(=O)NC[C@@H]1CCCO1. The smallest absolute Gasteiger partial charge is 0.255 e. The van der Waals surface area contributed by atoms with E-state index in [1.165, 1.54) is 0 Å². The molecule has 0 spiro atoms. The van der Waals surface area contributed by atoms with Crippen LogP contribution >= 0.6 is 0 Å². The lowest BCUT2D eigenvalue weighted by Gasteiger charge is -2.12. The van der Waals surface area contributed by atoms with Gasteiger partial charge in [-0.2, -0.15) is 5.10 Å². The number of hydrogen-bond acceptors (Lipinski definition) is 3. The van der Waals surface area contributed by atoms with Crippen LogP contribution in [0.2, 0.25) is 0 Å². The van der Waals surface area contributed by atoms with Crippen LogP contribution in [-0.2, 0) is 17.6 Å². The molecule has 5 nitrogen and oxygen atoms in total. The van der Waals surface area contributed by atoms with Crippen LogP contribution in [0.5, 0.6) is 0 Å². The van der Waals surface area contributed by atoms with Crippen molar-refractivity contribution in [1.82, 2.24) is 15.1 Å². The van der Waals surface area contributed by atoms with Crippen molar-refractivity contribution in [3.63, 3.8) is 0 Å². The van der Waals surface area contributed by atoms with E-state index >= 15 is 0 Å². The number of para-hydroxylation sites is 1. The van der Waals surface area contributed by atoms with Crippen molar-refractivity contribution in [2.75, 3.05) is 13.2 Å². The summed E-state index contributed by atoms with van der Waals surface area (Å²) in [6.45, 7) is 5.47. The van der Waals surface area contributed by atoms with E-state index in [1.54, 1.807) is 0 Å². The van der Waals surface area contributed by atoms with Gasteiger partial charge in [-0.15, -0.1) is 0 Å². The van der Waals surface area contributed by atoms with Crippen LogP contribution in [0.3, 0.4) is 0 Å². The minimum absolute atomic E-state index is 0.0404. The second-order valence-corrected chi connectivity index (χ2v) is 6.07. The number of ether oxygens (including phenoxy) is 1. The molecule has 1 amide bonds. The Hall–Kier alpha value is -2.14. The molecule has 1 fully saturated rings. The molecule has 1 aliphatic rings. The molecule has 1 saturated heterocycles. The Morgan fingerprint density at radius 2 is 2.08 bits per heavy atom. The van der Waals surface area contributed by atoms with Gasteiger partial charge in [0.2, 0.25) is 0 Å². The number of rotatable bonds is 6. The fourth-order valence-electron chi connectivity index (χ4n) is 3.22. The number of nitrogens with one attached hydrogen (secondary N) is 1. The predicted octanol–water partition coefficient (Wildman–Crippen LogP) is 2.91. The summed E-state index contributed by atoms with van der Waals surface area (Å²) in [5, 5.41) is 7.73. The van der Waals surface area contributed by atoms with Gasteiger partial charge in [0, 0.05) is 13.2 Å². The summed E-state index contributed by atoms with van der Waals surface area (Å²) in [6.07, 6.45) is 3.73. The van der Waals surface area contributed by atoms with Gasteiger partial charge in [-0.05, 0) is 37.8 Å². The van der Waals surface area contributed by atoms with Crippen molar-refractivity contribution in [1.29, 1.82) is 0 Å². The predicted molar refractivity (Wildman–Crippen MR) is 93.6 cm³/mol. The van der Waals surface area contributed by atoms with Gasteiger partial charge in [0.25, 0.3) is 5.91 Å². The molecule has 3 rings (SSSR count). The summed E-state index contributed by atoms with van der Waals surface area (Å²) in [7, 11) is 0. The average Bonchev–Trinajstić information content (AvgIpc) is 3.27. The maximum atomic E-state index is 12.8. The molecule has 1 N–H and O–H groups in total.